The van der Waals surface area contributed by atoms with Crippen LogP contribution >= 0.6 is 0 Å². The Morgan fingerprint density at radius 1 is 1.16 bits per heavy atom. The number of ether oxygens (including phenoxy) is 1. The molecule has 0 saturated heterocycles. The van der Waals surface area contributed by atoms with Gasteiger partial charge in [-0.05, 0) is 105 Å². The third-order valence-electron chi connectivity index (χ3n) is 10.0. The Bertz CT molecular complexity index is 858. The highest BCUT2D eigenvalue weighted by atomic mass is 16.5. The fourth-order valence-corrected chi connectivity index (χ4v) is 9.06. The molecule has 0 amide bonds. The Hall–Kier alpha value is -1.68. The van der Waals surface area contributed by atoms with E-state index in [1.165, 1.54) is 6.42 Å². The quantitative estimate of drug-likeness (QED) is 0.210. The number of rotatable bonds is 12. The SMILES string of the molecule is CC(C)OC(=O)CCC/C=C\CC1C=CC(=O)/C1=C/CC(O)CCC12C3C4C5C3C1C5C42. The standard InChI is InChI=1S/C28H36O4/c1-15(2)32-20(31)8-6-4-3-5-7-16-9-12-19(30)18(16)11-10-17(29)13-14-28-25-22-21-23(25)27(28)24(21)26(22)28/h3,5,9,11-12,15-17,21-27,29H,4,6-8,10,13-14H2,1-2H3/b5-3-,18-11+. The van der Waals surface area contributed by atoms with E-state index in [0.717, 1.165) is 72.7 Å². The minimum atomic E-state index is -0.321. The first-order valence-corrected chi connectivity index (χ1v) is 12.9. The number of carbonyl (C=O) groups is 2. The lowest BCUT2D eigenvalue weighted by Gasteiger charge is -3.08. The number of hydrogen-bond donors (Lipinski definition) is 1. The molecule has 0 spiro atoms. The predicted molar refractivity (Wildman–Crippen MR) is 121 cm³/mol. The number of unbranched alkanes of at least 4 members (excludes halogenated alkanes) is 1. The van der Waals surface area contributed by atoms with Crippen LogP contribution in [0.1, 0.15) is 58.8 Å². The van der Waals surface area contributed by atoms with Crippen molar-refractivity contribution in [1.82, 2.24) is 0 Å². The lowest BCUT2D eigenvalue weighted by atomic mass is 8.96. The predicted octanol–water partition coefficient (Wildman–Crippen LogP) is 4.64. The molecule has 0 aliphatic heterocycles. The third-order valence-corrected chi connectivity index (χ3v) is 10.0. The molecule has 0 radical (unpaired) electrons. The van der Waals surface area contributed by atoms with Gasteiger partial charge < -0.3 is 9.84 Å². The molecule has 172 valence electrons. The van der Waals surface area contributed by atoms with E-state index in [1.807, 2.05) is 26.0 Å². The van der Waals surface area contributed by atoms with Crippen molar-refractivity contribution < 1.29 is 19.4 Å². The van der Waals surface area contributed by atoms with Crippen molar-refractivity contribution in [3.8, 4) is 0 Å². The average Bonchev–Trinajstić information content (AvgIpc) is 3.12. The third kappa shape index (κ3) is 2.65. The molecule has 0 bridgehead atoms. The summed E-state index contributed by atoms with van der Waals surface area (Å²) in [5.41, 5.74) is 1.51. The van der Waals surface area contributed by atoms with Gasteiger partial charge in [-0.25, -0.2) is 0 Å². The van der Waals surface area contributed by atoms with Gasteiger partial charge in [-0.1, -0.05) is 24.3 Å². The van der Waals surface area contributed by atoms with Gasteiger partial charge in [-0.2, -0.15) is 0 Å². The number of aliphatic hydroxyl groups excluding tert-OH is 1. The summed E-state index contributed by atoms with van der Waals surface area (Å²) in [6.45, 7) is 3.72. The van der Waals surface area contributed by atoms with Crippen LogP contribution in [-0.2, 0) is 14.3 Å². The van der Waals surface area contributed by atoms with Crippen LogP contribution in [0.3, 0.4) is 0 Å². The summed E-state index contributed by atoms with van der Waals surface area (Å²) in [6, 6.07) is 0. The summed E-state index contributed by atoms with van der Waals surface area (Å²) in [4.78, 5) is 23.9. The fourth-order valence-electron chi connectivity index (χ4n) is 9.06. The van der Waals surface area contributed by atoms with Gasteiger partial charge in [0, 0.05) is 17.9 Å². The highest BCUT2D eigenvalue weighted by molar-refractivity contribution is 6.07. The molecule has 6 saturated carbocycles. The fraction of sp³-hybridized carbons (Fsp3) is 0.714. The Kier molecular flexibility index (Phi) is 4.84. The van der Waals surface area contributed by atoms with Crippen LogP contribution in [0, 0.1) is 52.8 Å². The van der Waals surface area contributed by atoms with Gasteiger partial charge in [0.2, 0.25) is 0 Å². The molecule has 2 unspecified atom stereocenters. The highest BCUT2D eigenvalue weighted by Crippen LogP contribution is 3.06. The second kappa shape index (κ2) is 7.41. The molecule has 2 atom stereocenters. The van der Waals surface area contributed by atoms with E-state index in [1.54, 1.807) is 6.08 Å². The van der Waals surface area contributed by atoms with E-state index >= 15 is 0 Å². The number of allylic oxidation sites excluding steroid dienone is 5. The van der Waals surface area contributed by atoms with Crippen LogP contribution in [0.2, 0.25) is 0 Å². The first kappa shape index (κ1) is 20.9. The zero-order valence-electron chi connectivity index (χ0n) is 19.3. The molecule has 6 fully saturated rings. The maximum Gasteiger partial charge on any atom is 0.306 e. The van der Waals surface area contributed by atoms with E-state index in [4.69, 9.17) is 4.74 Å². The molecule has 1 N–H and O–H groups in total. The summed E-state index contributed by atoms with van der Waals surface area (Å²) >= 11 is 0. The molecular formula is C28H36O4. The lowest BCUT2D eigenvalue weighted by Crippen LogP contribution is -3.05. The largest absolute Gasteiger partial charge is 0.463 e. The van der Waals surface area contributed by atoms with Gasteiger partial charge in [0.1, 0.15) is 0 Å². The Morgan fingerprint density at radius 2 is 1.88 bits per heavy atom. The Morgan fingerprint density at radius 3 is 2.56 bits per heavy atom. The van der Waals surface area contributed by atoms with Gasteiger partial charge in [0.15, 0.2) is 5.78 Å². The summed E-state index contributed by atoms with van der Waals surface area (Å²) in [5, 5.41) is 10.6. The van der Waals surface area contributed by atoms with Crippen molar-refractivity contribution in [2.24, 2.45) is 52.8 Å². The molecule has 4 nitrogen and oxygen atoms in total. The van der Waals surface area contributed by atoms with Crippen molar-refractivity contribution in [1.29, 1.82) is 0 Å². The molecule has 7 aliphatic carbocycles. The number of esters is 1. The average molecular weight is 437 g/mol. The van der Waals surface area contributed by atoms with Crippen molar-refractivity contribution in [2.75, 3.05) is 0 Å². The smallest absolute Gasteiger partial charge is 0.306 e. The van der Waals surface area contributed by atoms with E-state index in [2.05, 4.69) is 12.2 Å². The summed E-state index contributed by atoms with van der Waals surface area (Å²) in [7, 11) is 0. The highest BCUT2D eigenvalue weighted by Gasteiger charge is 3.03. The first-order chi connectivity index (χ1) is 15.4. The molecule has 0 aromatic rings. The minimum absolute atomic E-state index is 0.0569. The van der Waals surface area contributed by atoms with E-state index in [-0.39, 0.29) is 29.9 Å². The van der Waals surface area contributed by atoms with Crippen molar-refractivity contribution >= 4 is 11.8 Å². The van der Waals surface area contributed by atoms with Crippen molar-refractivity contribution in [3.63, 3.8) is 0 Å². The summed E-state index contributed by atoms with van der Waals surface area (Å²) in [5.74, 6) is 7.70. The Balaban J connectivity index is 0.917. The van der Waals surface area contributed by atoms with Crippen LogP contribution < -0.4 is 0 Å². The normalized spacial score (nSPS) is 45.2. The molecular weight excluding hydrogens is 400 g/mol. The second-order valence-corrected chi connectivity index (χ2v) is 11.6. The van der Waals surface area contributed by atoms with E-state index < -0.39 is 0 Å². The monoisotopic (exact) mass is 436 g/mol. The molecule has 7 aliphatic rings. The van der Waals surface area contributed by atoms with E-state index in [0.29, 0.717) is 18.3 Å². The van der Waals surface area contributed by atoms with Crippen molar-refractivity contribution in [2.45, 2.75) is 71.0 Å². The first-order valence-electron chi connectivity index (χ1n) is 12.9. The summed E-state index contributed by atoms with van der Waals surface area (Å²) < 4.78 is 5.14. The minimum Gasteiger partial charge on any atom is -0.463 e. The number of carbonyl (C=O) groups excluding carboxylic acids is 2. The molecule has 7 rings (SSSR count). The van der Waals surface area contributed by atoms with Gasteiger partial charge in [-0.3, -0.25) is 9.59 Å². The molecule has 32 heavy (non-hydrogen) atoms. The van der Waals surface area contributed by atoms with Gasteiger partial charge in [0.05, 0.1) is 12.2 Å². The van der Waals surface area contributed by atoms with Crippen LogP contribution in [0.4, 0.5) is 0 Å². The van der Waals surface area contributed by atoms with Gasteiger partial charge in [-0.15, -0.1) is 0 Å². The number of hydrogen-bond acceptors (Lipinski definition) is 4. The second-order valence-electron chi connectivity index (χ2n) is 11.6. The zero-order valence-corrected chi connectivity index (χ0v) is 19.3. The van der Waals surface area contributed by atoms with Crippen molar-refractivity contribution in [3.05, 3.63) is 36.0 Å². The maximum absolute atomic E-state index is 12.3. The van der Waals surface area contributed by atoms with Crippen LogP contribution in [0.5, 0.6) is 0 Å². The number of ketones is 1. The lowest BCUT2D eigenvalue weighted by molar-refractivity contribution is -0.616. The maximum atomic E-state index is 12.3. The molecule has 0 aromatic heterocycles. The van der Waals surface area contributed by atoms with Crippen LogP contribution in [0.25, 0.3) is 0 Å². The summed E-state index contributed by atoms with van der Waals surface area (Å²) in [6.07, 6.45) is 15.0. The molecule has 0 heterocycles. The zero-order chi connectivity index (χ0) is 22.2. The van der Waals surface area contributed by atoms with Gasteiger partial charge >= 0.3 is 5.97 Å². The number of aliphatic hydroxyl groups is 1. The van der Waals surface area contributed by atoms with Gasteiger partial charge in [0.25, 0.3) is 0 Å². The Labute approximate surface area is 191 Å². The topological polar surface area (TPSA) is 63.6 Å². The van der Waals surface area contributed by atoms with Crippen LogP contribution in [0.15, 0.2) is 36.0 Å². The molecule has 0 aromatic carbocycles. The van der Waals surface area contributed by atoms with Crippen LogP contribution in [-0.4, -0.2) is 29.1 Å². The molecule has 4 heteroatoms. The van der Waals surface area contributed by atoms with E-state index in [9.17, 15) is 14.7 Å².